The summed E-state index contributed by atoms with van der Waals surface area (Å²) in [7, 11) is 2.84. The van der Waals surface area contributed by atoms with E-state index in [0.717, 1.165) is 0 Å². The van der Waals surface area contributed by atoms with E-state index in [-0.39, 0.29) is 5.69 Å². The normalized spacial score (nSPS) is 10.3. The first-order valence-corrected chi connectivity index (χ1v) is 3.70. The Morgan fingerprint density at radius 2 is 1.69 bits per heavy atom. The van der Waals surface area contributed by atoms with Gasteiger partial charge < -0.3 is 4.90 Å². The molecule has 0 saturated carbocycles. The van der Waals surface area contributed by atoms with Gasteiger partial charge in [0.05, 0.1) is 0 Å². The average Bonchev–Trinajstić information content (AvgIpc) is 2.01. The topological polar surface area (TPSA) is 16.1 Å². The van der Waals surface area contributed by atoms with E-state index in [2.05, 4.69) is 4.98 Å². The van der Waals surface area contributed by atoms with Crippen LogP contribution in [0.2, 0.25) is 5.02 Å². The molecule has 0 aliphatic carbocycles. The second-order valence-electron chi connectivity index (χ2n) is 2.56. The average molecular weight is 211 g/mol. The summed E-state index contributed by atoms with van der Waals surface area (Å²) < 4.78 is 38.2. The van der Waals surface area contributed by atoms with Crippen LogP contribution >= 0.6 is 11.6 Å². The summed E-state index contributed by atoms with van der Waals surface area (Å²) in [6, 6.07) is 0. The standard InChI is InChI=1S/C7H6ClF3N2/c1-13(2)5-3(8)6(10)12-7(11)4(5)9/h1-2H3. The minimum absolute atomic E-state index is 0.341. The summed E-state index contributed by atoms with van der Waals surface area (Å²) in [4.78, 5) is 3.82. The molecule has 0 spiro atoms. The van der Waals surface area contributed by atoms with Crippen LogP contribution in [0.4, 0.5) is 18.9 Å². The van der Waals surface area contributed by atoms with Crippen LogP contribution in [-0.2, 0) is 0 Å². The smallest absolute Gasteiger partial charge is 0.253 e. The van der Waals surface area contributed by atoms with Crippen LogP contribution in [0.3, 0.4) is 0 Å². The van der Waals surface area contributed by atoms with E-state index in [1.165, 1.54) is 19.0 Å². The monoisotopic (exact) mass is 210 g/mol. The van der Waals surface area contributed by atoms with Crippen LogP contribution in [0.5, 0.6) is 0 Å². The van der Waals surface area contributed by atoms with Gasteiger partial charge in [-0.15, -0.1) is 0 Å². The molecule has 1 aromatic heterocycles. The number of aromatic nitrogens is 1. The largest absolute Gasteiger partial charge is 0.374 e. The number of hydrogen-bond donors (Lipinski definition) is 0. The van der Waals surface area contributed by atoms with Crippen molar-refractivity contribution in [1.29, 1.82) is 0 Å². The molecule has 0 bridgehead atoms. The fourth-order valence-corrected chi connectivity index (χ4v) is 1.16. The minimum Gasteiger partial charge on any atom is -0.374 e. The SMILES string of the molecule is CN(C)c1c(F)c(F)nc(F)c1Cl. The Morgan fingerprint density at radius 3 is 2.15 bits per heavy atom. The number of pyridine rings is 1. The van der Waals surface area contributed by atoms with E-state index in [0.29, 0.717) is 0 Å². The van der Waals surface area contributed by atoms with E-state index in [9.17, 15) is 13.2 Å². The molecule has 72 valence electrons. The molecule has 1 aromatic rings. The maximum Gasteiger partial charge on any atom is 0.253 e. The molecule has 6 heteroatoms. The quantitative estimate of drug-likeness (QED) is 0.661. The van der Waals surface area contributed by atoms with Crippen LogP contribution in [0.1, 0.15) is 0 Å². The Balaban J connectivity index is 3.46. The molecule has 0 atom stereocenters. The van der Waals surface area contributed by atoms with Gasteiger partial charge in [0, 0.05) is 14.1 Å². The van der Waals surface area contributed by atoms with Gasteiger partial charge in [-0.1, -0.05) is 11.6 Å². The van der Waals surface area contributed by atoms with Gasteiger partial charge in [-0.05, 0) is 0 Å². The number of nitrogens with zero attached hydrogens (tertiary/aromatic N) is 2. The van der Waals surface area contributed by atoms with Crippen LogP contribution in [0, 0.1) is 17.7 Å². The van der Waals surface area contributed by atoms with Crippen molar-refractivity contribution in [2.24, 2.45) is 0 Å². The lowest BCUT2D eigenvalue weighted by molar-refractivity contribution is 0.448. The molecule has 1 heterocycles. The molecule has 0 saturated heterocycles. The fourth-order valence-electron chi connectivity index (χ4n) is 0.869. The van der Waals surface area contributed by atoms with E-state index in [1.54, 1.807) is 0 Å². The summed E-state index contributed by atoms with van der Waals surface area (Å²) in [5.41, 5.74) is -0.341. The van der Waals surface area contributed by atoms with Crippen molar-refractivity contribution in [3.05, 3.63) is 22.7 Å². The third-order valence-electron chi connectivity index (χ3n) is 1.42. The van der Waals surface area contributed by atoms with Gasteiger partial charge in [-0.3, -0.25) is 0 Å². The lowest BCUT2D eigenvalue weighted by Crippen LogP contribution is -2.14. The van der Waals surface area contributed by atoms with Crippen molar-refractivity contribution in [3.8, 4) is 0 Å². The highest BCUT2D eigenvalue weighted by molar-refractivity contribution is 6.33. The summed E-state index contributed by atoms with van der Waals surface area (Å²) in [5.74, 6) is -3.97. The molecule has 0 fully saturated rings. The van der Waals surface area contributed by atoms with Crippen molar-refractivity contribution >= 4 is 17.3 Å². The zero-order chi connectivity index (χ0) is 10.2. The van der Waals surface area contributed by atoms with Crippen LogP contribution < -0.4 is 4.90 Å². The third-order valence-corrected chi connectivity index (χ3v) is 1.76. The van der Waals surface area contributed by atoms with Crippen LogP contribution in [0.15, 0.2) is 0 Å². The number of hydrogen-bond acceptors (Lipinski definition) is 2. The first-order valence-electron chi connectivity index (χ1n) is 3.32. The molecule has 0 unspecified atom stereocenters. The highest BCUT2D eigenvalue weighted by Gasteiger charge is 2.20. The molecule has 0 amide bonds. The second kappa shape index (κ2) is 3.41. The van der Waals surface area contributed by atoms with E-state index in [4.69, 9.17) is 11.6 Å². The van der Waals surface area contributed by atoms with Gasteiger partial charge >= 0.3 is 0 Å². The van der Waals surface area contributed by atoms with Gasteiger partial charge in [-0.2, -0.15) is 18.2 Å². The molecule has 2 nitrogen and oxygen atoms in total. The minimum atomic E-state index is -1.49. The Kier molecular flexibility index (Phi) is 2.66. The number of rotatable bonds is 1. The lowest BCUT2D eigenvalue weighted by Gasteiger charge is -2.15. The van der Waals surface area contributed by atoms with Crippen molar-refractivity contribution < 1.29 is 13.2 Å². The first-order chi connectivity index (χ1) is 5.95. The zero-order valence-corrected chi connectivity index (χ0v) is 7.66. The Hall–Kier alpha value is -0.970. The summed E-state index contributed by atoms with van der Waals surface area (Å²) in [5, 5.41) is -0.524. The molecule has 13 heavy (non-hydrogen) atoms. The predicted octanol–water partition coefficient (Wildman–Crippen LogP) is 2.22. The Bertz CT molecular complexity index is 315. The van der Waals surface area contributed by atoms with Crippen molar-refractivity contribution in [2.45, 2.75) is 0 Å². The van der Waals surface area contributed by atoms with E-state index >= 15 is 0 Å². The molecule has 1 rings (SSSR count). The van der Waals surface area contributed by atoms with Gasteiger partial charge in [0.15, 0.2) is 0 Å². The molecule has 0 N–H and O–H groups in total. The third kappa shape index (κ3) is 1.70. The second-order valence-corrected chi connectivity index (χ2v) is 2.94. The summed E-state index contributed by atoms with van der Waals surface area (Å²) in [6.45, 7) is 0. The maximum absolute atomic E-state index is 13.0. The van der Waals surface area contributed by atoms with Crippen molar-refractivity contribution in [3.63, 3.8) is 0 Å². The molecular weight excluding hydrogens is 205 g/mol. The fraction of sp³-hybridized carbons (Fsp3) is 0.286. The predicted molar refractivity (Wildman–Crippen MR) is 43.4 cm³/mol. The number of anilines is 1. The van der Waals surface area contributed by atoms with E-state index in [1.807, 2.05) is 0 Å². The maximum atomic E-state index is 13.0. The lowest BCUT2D eigenvalue weighted by atomic mass is 10.3. The molecule has 0 aliphatic rings. The molecule has 0 aliphatic heterocycles. The Labute approximate surface area is 77.9 Å². The number of halogens is 4. The van der Waals surface area contributed by atoms with Crippen molar-refractivity contribution in [1.82, 2.24) is 4.98 Å². The molecular formula is C7H6ClF3N2. The molecule has 0 aromatic carbocycles. The van der Waals surface area contributed by atoms with Gasteiger partial charge in [-0.25, -0.2) is 0 Å². The van der Waals surface area contributed by atoms with Crippen LogP contribution in [-0.4, -0.2) is 19.1 Å². The first kappa shape index (κ1) is 10.1. The van der Waals surface area contributed by atoms with Gasteiger partial charge in [0.25, 0.3) is 5.95 Å². The highest BCUT2D eigenvalue weighted by Crippen LogP contribution is 2.29. The van der Waals surface area contributed by atoms with Crippen LogP contribution in [0.25, 0.3) is 0 Å². The van der Waals surface area contributed by atoms with Crippen molar-refractivity contribution in [2.75, 3.05) is 19.0 Å². The molecule has 0 radical (unpaired) electrons. The Morgan fingerprint density at radius 1 is 1.15 bits per heavy atom. The van der Waals surface area contributed by atoms with E-state index < -0.39 is 22.7 Å². The summed E-state index contributed by atoms with van der Waals surface area (Å²) >= 11 is 5.38. The highest BCUT2D eigenvalue weighted by atomic mass is 35.5. The van der Waals surface area contributed by atoms with Gasteiger partial charge in [0.1, 0.15) is 10.7 Å². The summed E-state index contributed by atoms with van der Waals surface area (Å²) in [6.07, 6.45) is 0. The van der Waals surface area contributed by atoms with Gasteiger partial charge in [0.2, 0.25) is 11.8 Å². The zero-order valence-electron chi connectivity index (χ0n) is 6.91.